The smallest absolute Gasteiger partial charge is 0.0266 e. The third-order valence-corrected chi connectivity index (χ3v) is 0.406. The second kappa shape index (κ2) is 4.93. The summed E-state index contributed by atoms with van der Waals surface area (Å²) in [4.78, 5) is 3.44. The van der Waals surface area contributed by atoms with Crippen LogP contribution in [0.5, 0.6) is 0 Å². The van der Waals surface area contributed by atoms with Gasteiger partial charge in [-0.2, -0.15) is 0 Å². The minimum Gasteiger partial charge on any atom is -0.272 e. The number of hydrogen-bond donors (Lipinski definition) is 0. The first-order valence-electron chi connectivity index (χ1n) is 1.88. The van der Waals surface area contributed by atoms with Gasteiger partial charge in [0.05, 0.1) is 0 Å². The Labute approximate surface area is 43.4 Å². The van der Waals surface area contributed by atoms with Crippen LogP contribution in [0.1, 0.15) is 0 Å². The molecular weight excluding hydrogens is 86.1 g/mol. The van der Waals surface area contributed by atoms with Crippen LogP contribution in [0.2, 0.25) is 0 Å². The van der Waals surface area contributed by atoms with Crippen LogP contribution in [0, 0.1) is 0 Å². The van der Waals surface area contributed by atoms with Crippen LogP contribution in [0.3, 0.4) is 0 Å². The van der Waals surface area contributed by atoms with E-state index >= 15 is 0 Å². The predicted octanol–water partition coefficient (Wildman–Crippen LogP) is 1.54. The molecule has 36 valence electrons. The van der Waals surface area contributed by atoms with Crippen LogP contribution >= 0.6 is 0 Å². The zero-order chi connectivity index (χ0) is 5.54. The SMILES string of the molecule is C=C=C/C=C\N=C. The molecule has 1 heteroatoms. The van der Waals surface area contributed by atoms with Crippen LogP contribution < -0.4 is 0 Å². The van der Waals surface area contributed by atoms with E-state index in [1.165, 1.54) is 0 Å². The summed E-state index contributed by atoms with van der Waals surface area (Å²) in [5, 5.41) is 0. The Morgan fingerprint density at radius 3 is 2.71 bits per heavy atom. The molecule has 0 spiro atoms. The van der Waals surface area contributed by atoms with Gasteiger partial charge in [-0.05, 0) is 18.9 Å². The molecule has 0 aliphatic rings. The van der Waals surface area contributed by atoms with Gasteiger partial charge in [0.25, 0.3) is 0 Å². The summed E-state index contributed by atoms with van der Waals surface area (Å²) < 4.78 is 0. The van der Waals surface area contributed by atoms with Gasteiger partial charge >= 0.3 is 0 Å². The number of allylic oxidation sites excluding steroid dienone is 2. The van der Waals surface area contributed by atoms with Gasteiger partial charge in [-0.15, -0.1) is 5.73 Å². The maximum absolute atomic E-state index is 3.44. The van der Waals surface area contributed by atoms with E-state index in [0.29, 0.717) is 0 Å². The minimum absolute atomic E-state index is 1.57. The standard InChI is InChI=1S/C6H7N/c1-3-4-5-6-7-2/h4-6H,1-2H2/b6-5-. The quantitative estimate of drug-likeness (QED) is 0.279. The fraction of sp³-hybridized carbons (Fsp3) is 0. The highest BCUT2D eigenvalue weighted by Gasteiger charge is 1.50. The summed E-state index contributed by atoms with van der Waals surface area (Å²) in [6.07, 6.45) is 4.94. The molecule has 0 saturated heterocycles. The van der Waals surface area contributed by atoms with Crippen LogP contribution in [-0.4, -0.2) is 6.72 Å². The molecule has 0 aromatic carbocycles. The second-order valence-corrected chi connectivity index (χ2v) is 0.895. The lowest BCUT2D eigenvalue weighted by Gasteiger charge is -1.62. The van der Waals surface area contributed by atoms with Crippen molar-refractivity contribution in [1.29, 1.82) is 0 Å². The van der Waals surface area contributed by atoms with Crippen molar-refractivity contribution in [2.45, 2.75) is 0 Å². The van der Waals surface area contributed by atoms with Gasteiger partial charge in [0.1, 0.15) is 0 Å². The van der Waals surface area contributed by atoms with Gasteiger partial charge in [-0.25, -0.2) is 0 Å². The Kier molecular flexibility index (Phi) is 4.18. The lowest BCUT2D eigenvalue weighted by molar-refractivity contribution is 1.62. The van der Waals surface area contributed by atoms with Gasteiger partial charge in [0, 0.05) is 6.20 Å². The molecule has 0 radical (unpaired) electrons. The van der Waals surface area contributed by atoms with Crippen molar-refractivity contribution in [2.75, 3.05) is 0 Å². The van der Waals surface area contributed by atoms with Crippen molar-refractivity contribution in [3.8, 4) is 0 Å². The molecule has 0 aliphatic heterocycles. The van der Waals surface area contributed by atoms with Crippen LogP contribution in [-0.2, 0) is 0 Å². The highest BCUT2D eigenvalue weighted by Crippen LogP contribution is 1.70. The Hall–Kier alpha value is -1.07. The van der Waals surface area contributed by atoms with Crippen LogP contribution in [0.4, 0.5) is 0 Å². The largest absolute Gasteiger partial charge is 0.272 e. The Morgan fingerprint density at radius 1 is 1.57 bits per heavy atom. The summed E-state index contributed by atoms with van der Waals surface area (Å²) >= 11 is 0. The topological polar surface area (TPSA) is 12.4 Å². The van der Waals surface area contributed by atoms with E-state index in [1.807, 2.05) is 0 Å². The Balaban J connectivity index is 3.47. The monoisotopic (exact) mass is 93.1 g/mol. The molecule has 1 nitrogen and oxygen atoms in total. The molecular formula is C6H7N. The molecule has 7 heavy (non-hydrogen) atoms. The lowest BCUT2D eigenvalue weighted by atomic mass is 10.6. The van der Waals surface area contributed by atoms with Gasteiger partial charge < -0.3 is 0 Å². The average molecular weight is 93.1 g/mol. The van der Waals surface area contributed by atoms with E-state index in [1.54, 1.807) is 18.4 Å². The third-order valence-electron chi connectivity index (χ3n) is 0.406. The van der Waals surface area contributed by atoms with Gasteiger partial charge in [0.15, 0.2) is 0 Å². The zero-order valence-electron chi connectivity index (χ0n) is 4.09. The average Bonchev–Trinajstić information content (AvgIpc) is 1.69. The highest BCUT2D eigenvalue weighted by molar-refractivity contribution is 5.26. The molecule has 0 atom stereocenters. The molecule has 0 fully saturated rings. The van der Waals surface area contributed by atoms with Crippen molar-refractivity contribution in [3.05, 3.63) is 30.7 Å². The molecule has 0 N–H and O–H groups in total. The molecule has 0 aliphatic carbocycles. The zero-order valence-corrected chi connectivity index (χ0v) is 4.09. The fourth-order valence-corrected chi connectivity index (χ4v) is 0.172. The summed E-state index contributed by atoms with van der Waals surface area (Å²) in [7, 11) is 0. The first-order chi connectivity index (χ1) is 3.41. The van der Waals surface area contributed by atoms with Crippen molar-refractivity contribution >= 4 is 6.72 Å². The van der Waals surface area contributed by atoms with Crippen molar-refractivity contribution < 1.29 is 0 Å². The Morgan fingerprint density at radius 2 is 2.29 bits per heavy atom. The number of aliphatic imine (C=N–C) groups is 1. The van der Waals surface area contributed by atoms with E-state index < -0.39 is 0 Å². The van der Waals surface area contributed by atoms with Crippen LogP contribution in [0.25, 0.3) is 0 Å². The van der Waals surface area contributed by atoms with Gasteiger partial charge in [-0.1, -0.05) is 6.58 Å². The second-order valence-electron chi connectivity index (χ2n) is 0.895. The van der Waals surface area contributed by atoms with E-state index in [-0.39, 0.29) is 0 Å². The molecule has 0 rings (SSSR count). The molecule has 0 aromatic heterocycles. The Bertz CT molecular complexity index is 116. The van der Waals surface area contributed by atoms with E-state index in [0.717, 1.165) is 0 Å². The number of hydrogen-bond acceptors (Lipinski definition) is 1. The number of nitrogens with zero attached hydrogens (tertiary/aromatic N) is 1. The highest BCUT2D eigenvalue weighted by atomic mass is 14.6. The third kappa shape index (κ3) is 4.93. The summed E-state index contributed by atoms with van der Waals surface area (Å²) in [6.45, 7) is 6.57. The summed E-state index contributed by atoms with van der Waals surface area (Å²) in [5.74, 6) is 0. The maximum atomic E-state index is 3.44. The molecule has 0 bridgehead atoms. The summed E-state index contributed by atoms with van der Waals surface area (Å²) in [5.41, 5.74) is 2.55. The van der Waals surface area contributed by atoms with Crippen LogP contribution in [0.15, 0.2) is 35.7 Å². The molecule has 0 heterocycles. The normalized spacial score (nSPS) is 8.00. The molecule has 0 unspecified atom stereocenters. The van der Waals surface area contributed by atoms with E-state index in [2.05, 4.69) is 24.0 Å². The first-order valence-corrected chi connectivity index (χ1v) is 1.88. The van der Waals surface area contributed by atoms with E-state index in [4.69, 9.17) is 0 Å². The fourth-order valence-electron chi connectivity index (χ4n) is 0.172. The maximum Gasteiger partial charge on any atom is 0.0266 e. The predicted molar refractivity (Wildman–Crippen MR) is 32.4 cm³/mol. The molecule has 0 amide bonds. The molecule has 0 saturated carbocycles. The summed E-state index contributed by atoms with van der Waals surface area (Å²) in [6, 6.07) is 0. The first kappa shape index (κ1) is 5.93. The molecule has 0 aromatic rings. The lowest BCUT2D eigenvalue weighted by Crippen LogP contribution is -1.41. The van der Waals surface area contributed by atoms with E-state index in [9.17, 15) is 0 Å². The van der Waals surface area contributed by atoms with Crippen molar-refractivity contribution in [2.24, 2.45) is 4.99 Å². The minimum atomic E-state index is 1.57. The van der Waals surface area contributed by atoms with Gasteiger partial charge in [0.2, 0.25) is 0 Å². The van der Waals surface area contributed by atoms with Crippen molar-refractivity contribution in [3.63, 3.8) is 0 Å². The van der Waals surface area contributed by atoms with Crippen molar-refractivity contribution in [1.82, 2.24) is 0 Å². The van der Waals surface area contributed by atoms with Gasteiger partial charge in [-0.3, -0.25) is 4.99 Å². The number of rotatable bonds is 2.